The highest BCUT2D eigenvalue weighted by Crippen LogP contribution is 2.35. The molecule has 100 valence electrons. The highest BCUT2D eigenvalue weighted by atomic mass is 32.1. The van der Waals surface area contributed by atoms with Gasteiger partial charge in [0.05, 0.1) is 16.5 Å². The summed E-state index contributed by atoms with van der Waals surface area (Å²) in [6, 6.07) is 12.7. The third kappa shape index (κ3) is 2.12. The molecular weight excluding hydrogens is 274 g/mol. The van der Waals surface area contributed by atoms with Gasteiger partial charge in [0.15, 0.2) is 0 Å². The topological polar surface area (TPSA) is 59.4 Å². The Morgan fingerprint density at radius 2 is 2.00 bits per heavy atom. The van der Waals surface area contributed by atoms with Crippen LogP contribution in [-0.2, 0) is 0 Å². The molecule has 1 N–H and O–H groups in total. The van der Waals surface area contributed by atoms with Crippen LogP contribution in [0.3, 0.4) is 0 Å². The first kappa shape index (κ1) is 12.6. The molecular formula is C15H11NO3S. The van der Waals surface area contributed by atoms with Gasteiger partial charge in [-0.15, -0.1) is 0 Å². The molecule has 2 aromatic carbocycles. The first-order chi connectivity index (χ1) is 9.66. The summed E-state index contributed by atoms with van der Waals surface area (Å²) in [4.78, 5) is 11.1. The largest absolute Gasteiger partial charge is 0.478 e. The molecule has 0 amide bonds. The molecule has 1 heterocycles. The molecule has 4 nitrogen and oxygen atoms in total. The number of ether oxygens (including phenoxy) is 1. The van der Waals surface area contributed by atoms with Gasteiger partial charge in [-0.3, -0.25) is 0 Å². The molecule has 0 atom stereocenters. The number of rotatable bonds is 3. The molecule has 5 heteroatoms. The SMILES string of the molecule is Cc1c(Oc2snc3ccccc23)cccc1C(=O)O. The van der Waals surface area contributed by atoms with E-state index in [9.17, 15) is 4.79 Å². The van der Waals surface area contributed by atoms with Crippen LogP contribution in [0.25, 0.3) is 10.9 Å². The summed E-state index contributed by atoms with van der Waals surface area (Å²) >= 11 is 1.26. The van der Waals surface area contributed by atoms with E-state index < -0.39 is 5.97 Å². The van der Waals surface area contributed by atoms with Crippen molar-refractivity contribution in [1.82, 2.24) is 4.37 Å². The zero-order chi connectivity index (χ0) is 14.1. The van der Waals surface area contributed by atoms with Gasteiger partial charge in [0.1, 0.15) is 5.75 Å². The first-order valence-corrected chi connectivity index (χ1v) is 6.79. The first-order valence-electron chi connectivity index (χ1n) is 6.02. The second-order valence-corrected chi connectivity index (χ2v) is 5.06. The van der Waals surface area contributed by atoms with Crippen LogP contribution in [0.15, 0.2) is 42.5 Å². The number of carboxylic acids is 1. The molecule has 0 radical (unpaired) electrons. The molecule has 0 aliphatic heterocycles. The maximum atomic E-state index is 11.1. The Labute approximate surface area is 119 Å². The van der Waals surface area contributed by atoms with Crippen molar-refractivity contribution >= 4 is 28.4 Å². The Morgan fingerprint density at radius 1 is 1.20 bits per heavy atom. The Bertz CT molecular complexity index is 795. The fraction of sp³-hybridized carbons (Fsp3) is 0.0667. The predicted octanol–water partition coefficient (Wildman–Crippen LogP) is 4.10. The minimum absolute atomic E-state index is 0.247. The van der Waals surface area contributed by atoms with Crippen LogP contribution in [0, 0.1) is 6.92 Å². The number of aromatic nitrogens is 1. The molecule has 0 bridgehead atoms. The second-order valence-electron chi connectivity index (χ2n) is 4.32. The molecule has 0 spiro atoms. The van der Waals surface area contributed by atoms with Crippen LogP contribution in [-0.4, -0.2) is 15.4 Å². The van der Waals surface area contributed by atoms with Gasteiger partial charge in [-0.1, -0.05) is 18.2 Å². The van der Waals surface area contributed by atoms with Crippen molar-refractivity contribution < 1.29 is 14.6 Å². The number of nitrogens with zero attached hydrogens (tertiary/aromatic N) is 1. The van der Waals surface area contributed by atoms with Crippen molar-refractivity contribution in [2.24, 2.45) is 0 Å². The van der Waals surface area contributed by atoms with Crippen LogP contribution in [0.1, 0.15) is 15.9 Å². The third-order valence-electron chi connectivity index (χ3n) is 3.07. The summed E-state index contributed by atoms with van der Waals surface area (Å²) in [6.45, 7) is 1.74. The Morgan fingerprint density at radius 3 is 2.80 bits per heavy atom. The van der Waals surface area contributed by atoms with E-state index in [1.54, 1.807) is 25.1 Å². The lowest BCUT2D eigenvalue weighted by Gasteiger charge is -2.08. The van der Waals surface area contributed by atoms with Gasteiger partial charge in [-0.2, -0.15) is 4.37 Å². The molecule has 0 aliphatic carbocycles. The van der Waals surface area contributed by atoms with Crippen molar-refractivity contribution in [2.75, 3.05) is 0 Å². The molecule has 3 rings (SSSR count). The molecule has 20 heavy (non-hydrogen) atoms. The van der Waals surface area contributed by atoms with Gasteiger partial charge < -0.3 is 9.84 Å². The average Bonchev–Trinajstić information content (AvgIpc) is 2.84. The lowest BCUT2D eigenvalue weighted by Crippen LogP contribution is -2.00. The monoisotopic (exact) mass is 285 g/mol. The van der Waals surface area contributed by atoms with Crippen LogP contribution >= 0.6 is 11.5 Å². The van der Waals surface area contributed by atoms with Crippen LogP contribution in [0.5, 0.6) is 10.8 Å². The minimum Gasteiger partial charge on any atom is -0.478 e. The highest BCUT2D eigenvalue weighted by molar-refractivity contribution is 7.09. The van der Waals surface area contributed by atoms with E-state index in [1.165, 1.54) is 11.5 Å². The second kappa shape index (κ2) is 4.94. The van der Waals surface area contributed by atoms with E-state index in [1.807, 2.05) is 24.3 Å². The summed E-state index contributed by atoms with van der Waals surface area (Å²) in [7, 11) is 0. The van der Waals surface area contributed by atoms with Gasteiger partial charge in [0, 0.05) is 17.1 Å². The number of benzene rings is 2. The number of hydrogen-bond acceptors (Lipinski definition) is 4. The van der Waals surface area contributed by atoms with E-state index in [2.05, 4.69) is 4.37 Å². The molecule has 0 aliphatic rings. The molecule has 3 aromatic rings. The number of aromatic carboxylic acids is 1. The summed E-state index contributed by atoms with van der Waals surface area (Å²) in [5.41, 5.74) is 1.73. The van der Waals surface area contributed by atoms with Crippen molar-refractivity contribution in [1.29, 1.82) is 0 Å². The Hall–Kier alpha value is -2.40. The number of carboxylic acid groups (broad SMARTS) is 1. The molecule has 0 fully saturated rings. The quantitative estimate of drug-likeness (QED) is 0.787. The van der Waals surface area contributed by atoms with Crippen LogP contribution in [0.2, 0.25) is 0 Å². The number of carbonyl (C=O) groups is 1. The summed E-state index contributed by atoms with van der Waals surface area (Å²) in [5.74, 6) is -0.415. The standard InChI is InChI=1S/C15H11NO3S/c1-9-10(14(17)18)6-4-8-13(9)19-15-11-5-2-3-7-12(11)16-20-15/h2-8H,1H3,(H,17,18). The van der Waals surface area contributed by atoms with E-state index in [4.69, 9.17) is 9.84 Å². The number of hydrogen-bond donors (Lipinski definition) is 1. The Balaban J connectivity index is 2.03. The minimum atomic E-state index is -0.956. The van der Waals surface area contributed by atoms with Crippen molar-refractivity contribution in [3.05, 3.63) is 53.6 Å². The van der Waals surface area contributed by atoms with Crippen LogP contribution < -0.4 is 4.74 Å². The van der Waals surface area contributed by atoms with E-state index >= 15 is 0 Å². The fourth-order valence-corrected chi connectivity index (χ4v) is 2.73. The zero-order valence-corrected chi connectivity index (χ0v) is 11.5. The zero-order valence-electron chi connectivity index (χ0n) is 10.7. The number of fused-ring (bicyclic) bond motifs is 1. The summed E-state index contributed by atoms with van der Waals surface area (Å²) < 4.78 is 10.1. The predicted molar refractivity (Wildman–Crippen MR) is 77.8 cm³/mol. The lowest BCUT2D eigenvalue weighted by molar-refractivity contribution is 0.0695. The normalized spacial score (nSPS) is 10.7. The molecule has 1 aromatic heterocycles. The van der Waals surface area contributed by atoms with Crippen LogP contribution in [0.4, 0.5) is 0 Å². The maximum absolute atomic E-state index is 11.1. The maximum Gasteiger partial charge on any atom is 0.336 e. The van der Waals surface area contributed by atoms with Gasteiger partial charge in [-0.25, -0.2) is 4.79 Å². The third-order valence-corrected chi connectivity index (χ3v) is 3.83. The lowest BCUT2D eigenvalue weighted by atomic mass is 10.1. The van der Waals surface area contributed by atoms with Gasteiger partial charge in [0.25, 0.3) is 0 Å². The fourth-order valence-electron chi connectivity index (χ4n) is 2.00. The van der Waals surface area contributed by atoms with Crippen molar-refractivity contribution in [2.45, 2.75) is 6.92 Å². The van der Waals surface area contributed by atoms with Crippen molar-refractivity contribution in [3.8, 4) is 10.8 Å². The van der Waals surface area contributed by atoms with Crippen molar-refractivity contribution in [3.63, 3.8) is 0 Å². The van der Waals surface area contributed by atoms with Gasteiger partial charge in [0.2, 0.25) is 5.06 Å². The Kier molecular flexibility index (Phi) is 3.12. The van der Waals surface area contributed by atoms with Gasteiger partial charge >= 0.3 is 5.97 Å². The van der Waals surface area contributed by atoms with E-state index in [0.717, 1.165) is 10.9 Å². The summed E-state index contributed by atoms with van der Waals surface area (Å²) in [6.07, 6.45) is 0. The molecule has 0 saturated heterocycles. The molecule has 0 unspecified atom stereocenters. The van der Waals surface area contributed by atoms with E-state index in [0.29, 0.717) is 16.4 Å². The van der Waals surface area contributed by atoms with E-state index in [-0.39, 0.29) is 5.56 Å². The highest BCUT2D eigenvalue weighted by Gasteiger charge is 2.13. The average molecular weight is 285 g/mol. The smallest absolute Gasteiger partial charge is 0.336 e. The summed E-state index contributed by atoms with van der Waals surface area (Å²) in [5, 5.41) is 10.7. The molecule has 0 saturated carbocycles. The van der Waals surface area contributed by atoms with Gasteiger partial charge in [-0.05, 0) is 31.2 Å².